The Balaban J connectivity index is 1.64. The third-order valence-electron chi connectivity index (χ3n) is 7.30. The van der Waals surface area contributed by atoms with Crippen LogP contribution in [-0.2, 0) is 63.0 Å². The zero-order chi connectivity index (χ0) is 32.2. The van der Waals surface area contributed by atoms with Crippen molar-refractivity contribution < 1.29 is 43.3 Å². The SMILES string of the molecule is O=CCCC(C=O)C(CCC(=O)OOCc1ccccc1)(Cc1ccccc1)C(=O)ONCCCC(=O)OCc1ccccc1. The summed E-state index contributed by atoms with van der Waals surface area (Å²) in [6.07, 6.45) is 1.55. The number of hydrogen-bond donors (Lipinski definition) is 1. The minimum absolute atomic E-state index is 0.0381. The first-order valence-corrected chi connectivity index (χ1v) is 14.9. The van der Waals surface area contributed by atoms with Crippen LogP contribution in [0.25, 0.3) is 0 Å². The van der Waals surface area contributed by atoms with E-state index in [1.165, 1.54) is 0 Å². The Morgan fingerprint density at radius 1 is 0.756 bits per heavy atom. The van der Waals surface area contributed by atoms with E-state index in [9.17, 15) is 24.0 Å². The zero-order valence-electron chi connectivity index (χ0n) is 25.1. The Bertz CT molecular complexity index is 1330. The zero-order valence-corrected chi connectivity index (χ0v) is 25.1. The average molecular weight is 618 g/mol. The molecular weight excluding hydrogens is 578 g/mol. The van der Waals surface area contributed by atoms with Crippen LogP contribution in [0.3, 0.4) is 0 Å². The molecule has 10 nitrogen and oxygen atoms in total. The van der Waals surface area contributed by atoms with E-state index in [0.717, 1.165) is 16.7 Å². The topological polar surface area (TPSA) is 134 Å². The van der Waals surface area contributed by atoms with Gasteiger partial charge in [-0.3, -0.25) is 9.68 Å². The van der Waals surface area contributed by atoms with Crippen molar-refractivity contribution in [1.82, 2.24) is 5.48 Å². The van der Waals surface area contributed by atoms with Crippen molar-refractivity contribution in [3.8, 4) is 0 Å². The van der Waals surface area contributed by atoms with Crippen LogP contribution in [0.1, 0.15) is 55.2 Å². The molecule has 10 heteroatoms. The molecular formula is C35H39NO9. The molecule has 0 amide bonds. The van der Waals surface area contributed by atoms with Gasteiger partial charge in [-0.15, -0.1) is 0 Å². The molecule has 0 heterocycles. The summed E-state index contributed by atoms with van der Waals surface area (Å²) in [5.41, 5.74) is 3.50. The first-order valence-electron chi connectivity index (χ1n) is 14.9. The second-order valence-electron chi connectivity index (χ2n) is 10.5. The smallest absolute Gasteiger partial charge is 0.342 e. The molecule has 2 atom stereocenters. The third kappa shape index (κ3) is 12.1. The first-order chi connectivity index (χ1) is 22.0. The molecule has 45 heavy (non-hydrogen) atoms. The van der Waals surface area contributed by atoms with E-state index < -0.39 is 29.2 Å². The van der Waals surface area contributed by atoms with Gasteiger partial charge in [0.05, 0.1) is 5.41 Å². The Labute approximate surface area is 262 Å². The van der Waals surface area contributed by atoms with Gasteiger partial charge in [-0.1, -0.05) is 91.0 Å². The van der Waals surface area contributed by atoms with E-state index in [1.807, 2.05) is 66.7 Å². The molecule has 0 aliphatic rings. The number of carbonyl (C=O) groups is 5. The highest BCUT2D eigenvalue weighted by Crippen LogP contribution is 2.40. The number of hydroxylamine groups is 1. The van der Waals surface area contributed by atoms with E-state index in [4.69, 9.17) is 19.3 Å². The van der Waals surface area contributed by atoms with Gasteiger partial charge >= 0.3 is 17.9 Å². The standard InChI is InChI=1S/C35H39NO9/c37-23-11-18-31(25-38)35(24-28-12-4-1-5-13-28,21-20-33(40)45-43-27-30-16-8-3-9-17-30)34(41)44-36-22-10-19-32(39)42-26-29-14-6-2-7-15-29/h1-9,12-17,23,25,31,36H,10-11,18-22,24,26-27H2. The lowest BCUT2D eigenvalue weighted by Crippen LogP contribution is -2.45. The van der Waals surface area contributed by atoms with Crippen molar-refractivity contribution in [3.63, 3.8) is 0 Å². The van der Waals surface area contributed by atoms with Gasteiger partial charge < -0.3 is 19.2 Å². The molecule has 0 fully saturated rings. The maximum Gasteiger partial charge on any atom is 0.342 e. The van der Waals surface area contributed by atoms with Crippen LogP contribution in [0.2, 0.25) is 0 Å². The van der Waals surface area contributed by atoms with Crippen molar-refractivity contribution in [2.45, 2.75) is 58.2 Å². The molecule has 0 aliphatic heterocycles. The number of benzene rings is 3. The van der Waals surface area contributed by atoms with Crippen molar-refractivity contribution in [1.29, 1.82) is 0 Å². The second-order valence-corrected chi connectivity index (χ2v) is 10.5. The number of aldehydes is 2. The molecule has 0 aliphatic carbocycles. The molecule has 2 unspecified atom stereocenters. The van der Waals surface area contributed by atoms with Crippen LogP contribution in [0, 0.1) is 11.3 Å². The minimum atomic E-state index is -1.51. The summed E-state index contributed by atoms with van der Waals surface area (Å²) < 4.78 is 5.27. The van der Waals surface area contributed by atoms with Gasteiger partial charge in [0.1, 0.15) is 25.8 Å². The van der Waals surface area contributed by atoms with Crippen molar-refractivity contribution in [3.05, 3.63) is 108 Å². The summed E-state index contributed by atoms with van der Waals surface area (Å²) in [4.78, 5) is 77.8. The average Bonchev–Trinajstić information content (AvgIpc) is 3.07. The number of hydrogen-bond acceptors (Lipinski definition) is 10. The molecule has 0 radical (unpaired) electrons. The molecule has 3 aromatic carbocycles. The summed E-state index contributed by atoms with van der Waals surface area (Å²) in [6, 6.07) is 27.5. The third-order valence-corrected chi connectivity index (χ3v) is 7.30. The predicted molar refractivity (Wildman–Crippen MR) is 164 cm³/mol. The first kappa shape index (κ1) is 34.8. The lowest BCUT2D eigenvalue weighted by Gasteiger charge is -2.36. The largest absolute Gasteiger partial charge is 0.461 e. The Morgan fingerprint density at radius 3 is 1.96 bits per heavy atom. The van der Waals surface area contributed by atoms with E-state index in [1.54, 1.807) is 24.3 Å². The van der Waals surface area contributed by atoms with E-state index in [0.29, 0.717) is 19.0 Å². The summed E-state index contributed by atoms with van der Waals surface area (Å²) in [6.45, 7) is 0.352. The maximum absolute atomic E-state index is 13.8. The Morgan fingerprint density at radius 2 is 1.36 bits per heavy atom. The van der Waals surface area contributed by atoms with Gasteiger partial charge in [0.2, 0.25) is 0 Å². The summed E-state index contributed by atoms with van der Waals surface area (Å²) in [5.74, 6) is -2.83. The fraction of sp³-hybridized carbons (Fsp3) is 0.343. The molecule has 1 N–H and O–H groups in total. The molecule has 0 saturated heterocycles. The molecule has 238 valence electrons. The monoisotopic (exact) mass is 617 g/mol. The summed E-state index contributed by atoms with van der Waals surface area (Å²) in [7, 11) is 0. The number of esters is 1. The fourth-order valence-electron chi connectivity index (χ4n) is 4.85. The lowest BCUT2D eigenvalue weighted by molar-refractivity contribution is -0.280. The van der Waals surface area contributed by atoms with Gasteiger partial charge in [0, 0.05) is 31.7 Å². The second kappa shape index (κ2) is 19.6. The van der Waals surface area contributed by atoms with E-state index in [-0.39, 0.29) is 58.3 Å². The van der Waals surface area contributed by atoms with Crippen LogP contribution in [-0.4, -0.2) is 37.0 Å². The van der Waals surface area contributed by atoms with Crippen molar-refractivity contribution >= 4 is 30.5 Å². The minimum Gasteiger partial charge on any atom is -0.461 e. The summed E-state index contributed by atoms with van der Waals surface area (Å²) >= 11 is 0. The Kier molecular flexibility index (Phi) is 15.1. The van der Waals surface area contributed by atoms with Crippen LogP contribution >= 0.6 is 0 Å². The quantitative estimate of drug-likeness (QED) is 0.0570. The molecule has 0 spiro atoms. The molecule has 0 saturated carbocycles. The van der Waals surface area contributed by atoms with Crippen molar-refractivity contribution in [2.75, 3.05) is 6.54 Å². The molecule has 0 bridgehead atoms. The number of ether oxygens (including phenoxy) is 1. The molecule has 0 aromatic heterocycles. The van der Waals surface area contributed by atoms with Gasteiger partial charge in [-0.2, -0.15) is 10.4 Å². The number of nitrogens with one attached hydrogen (secondary N) is 1. The van der Waals surface area contributed by atoms with E-state index in [2.05, 4.69) is 5.48 Å². The van der Waals surface area contributed by atoms with Crippen LogP contribution in [0.4, 0.5) is 0 Å². The van der Waals surface area contributed by atoms with Crippen LogP contribution in [0.5, 0.6) is 0 Å². The van der Waals surface area contributed by atoms with Crippen LogP contribution < -0.4 is 5.48 Å². The van der Waals surface area contributed by atoms with Crippen LogP contribution in [0.15, 0.2) is 91.0 Å². The lowest BCUT2D eigenvalue weighted by atomic mass is 9.67. The summed E-state index contributed by atoms with van der Waals surface area (Å²) in [5, 5.41) is 0. The van der Waals surface area contributed by atoms with Crippen molar-refractivity contribution in [2.24, 2.45) is 11.3 Å². The highest BCUT2D eigenvalue weighted by Gasteiger charge is 2.47. The maximum atomic E-state index is 13.8. The van der Waals surface area contributed by atoms with E-state index >= 15 is 0 Å². The van der Waals surface area contributed by atoms with Gasteiger partial charge in [0.15, 0.2) is 0 Å². The number of carbonyl (C=O) groups excluding carboxylic acids is 5. The molecule has 3 aromatic rings. The van der Waals surface area contributed by atoms with Gasteiger partial charge in [0.25, 0.3) is 0 Å². The highest BCUT2D eigenvalue weighted by atomic mass is 17.2. The Hall–Kier alpha value is -4.67. The highest BCUT2D eigenvalue weighted by molar-refractivity contribution is 5.82. The molecule has 3 rings (SSSR count). The number of rotatable bonds is 21. The normalized spacial score (nSPS) is 12.7. The fourth-order valence-corrected chi connectivity index (χ4v) is 4.85. The predicted octanol–water partition coefficient (Wildman–Crippen LogP) is 5.04. The van der Waals surface area contributed by atoms with Gasteiger partial charge in [-0.25, -0.2) is 9.59 Å². The van der Waals surface area contributed by atoms with Gasteiger partial charge in [-0.05, 0) is 42.4 Å².